The minimum atomic E-state index is -0.102. The number of likely N-dealkylation sites (tertiary alicyclic amines) is 1. The summed E-state index contributed by atoms with van der Waals surface area (Å²) < 4.78 is 0. The number of carbonyl (C=O) groups is 2. The highest BCUT2D eigenvalue weighted by Crippen LogP contribution is 2.29. The molecule has 1 atom stereocenters. The summed E-state index contributed by atoms with van der Waals surface area (Å²) in [6, 6.07) is 2.39. The van der Waals surface area contributed by atoms with Gasteiger partial charge in [-0.15, -0.1) is 0 Å². The number of pyridine rings is 1. The van der Waals surface area contributed by atoms with Gasteiger partial charge in [0.2, 0.25) is 5.91 Å². The summed E-state index contributed by atoms with van der Waals surface area (Å²) in [6.07, 6.45) is 7.11. The van der Waals surface area contributed by atoms with Crippen LogP contribution in [-0.2, 0) is 11.3 Å². The van der Waals surface area contributed by atoms with Crippen molar-refractivity contribution in [3.05, 3.63) is 29.1 Å². The van der Waals surface area contributed by atoms with Crippen LogP contribution in [0.2, 0.25) is 0 Å². The van der Waals surface area contributed by atoms with Crippen LogP contribution in [0.3, 0.4) is 0 Å². The van der Waals surface area contributed by atoms with Crippen molar-refractivity contribution in [2.75, 3.05) is 20.1 Å². The van der Waals surface area contributed by atoms with Crippen molar-refractivity contribution in [3.8, 4) is 0 Å². The summed E-state index contributed by atoms with van der Waals surface area (Å²) in [5.74, 6) is 0.499. The Hall–Kier alpha value is -2.11. The van der Waals surface area contributed by atoms with Crippen molar-refractivity contribution in [2.45, 2.75) is 58.5 Å². The Kier molecular flexibility index (Phi) is 5.79. The first kappa shape index (κ1) is 18.7. The SMILES string of the molecule is Cc1cc(CNC(=O)N(C)C[C@H]2CC(=O)N(C3CCCC3)C2)cnc1C. The monoisotopic (exact) mass is 358 g/mol. The predicted octanol–water partition coefficient (Wildman–Crippen LogP) is 2.63. The van der Waals surface area contributed by atoms with Crippen molar-refractivity contribution in [2.24, 2.45) is 5.92 Å². The molecule has 0 bridgehead atoms. The lowest BCUT2D eigenvalue weighted by atomic mass is 10.1. The van der Waals surface area contributed by atoms with Crippen LogP contribution in [0.15, 0.2) is 12.3 Å². The standard InChI is InChI=1S/C20H30N4O2/c1-14-8-16(10-21-15(14)2)11-22-20(26)23(3)12-17-9-19(25)24(13-17)18-6-4-5-7-18/h8,10,17-18H,4-7,9,11-13H2,1-3H3,(H,22,26)/t17-/m1/s1. The lowest BCUT2D eigenvalue weighted by Gasteiger charge is -2.25. The van der Waals surface area contributed by atoms with E-state index in [4.69, 9.17) is 0 Å². The number of nitrogens with zero attached hydrogens (tertiary/aromatic N) is 3. The summed E-state index contributed by atoms with van der Waals surface area (Å²) in [4.78, 5) is 32.8. The second kappa shape index (κ2) is 8.06. The molecule has 1 aromatic heterocycles. The maximum Gasteiger partial charge on any atom is 0.317 e. The Morgan fingerprint density at radius 2 is 2.08 bits per heavy atom. The van der Waals surface area contributed by atoms with Gasteiger partial charge in [-0.3, -0.25) is 9.78 Å². The number of aromatic nitrogens is 1. The van der Waals surface area contributed by atoms with Crippen molar-refractivity contribution in [1.82, 2.24) is 20.1 Å². The molecule has 0 radical (unpaired) electrons. The zero-order valence-corrected chi connectivity index (χ0v) is 16.1. The van der Waals surface area contributed by atoms with Gasteiger partial charge in [0, 0.05) is 57.0 Å². The van der Waals surface area contributed by atoms with Crippen LogP contribution < -0.4 is 5.32 Å². The molecular formula is C20H30N4O2. The smallest absolute Gasteiger partial charge is 0.317 e. The maximum atomic E-state index is 12.4. The van der Waals surface area contributed by atoms with Crippen molar-refractivity contribution < 1.29 is 9.59 Å². The van der Waals surface area contributed by atoms with Crippen molar-refractivity contribution >= 4 is 11.9 Å². The first-order chi connectivity index (χ1) is 12.4. The first-order valence-corrected chi connectivity index (χ1v) is 9.64. The summed E-state index contributed by atoms with van der Waals surface area (Å²) in [6.45, 7) is 5.87. The summed E-state index contributed by atoms with van der Waals surface area (Å²) in [5.41, 5.74) is 3.13. The number of urea groups is 1. The van der Waals surface area contributed by atoms with Crippen LogP contribution in [0.25, 0.3) is 0 Å². The molecule has 1 aliphatic carbocycles. The Morgan fingerprint density at radius 3 is 2.77 bits per heavy atom. The Labute approximate surface area is 156 Å². The van der Waals surface area contributed by atoms with Gasteiger partial charge in [-0.25, -0.2) is 4.79 Å². The molecule has 6 heteroatoms. The van der Waals surface area contributed by atoms with Gasteiger partial charge in [0.05, 0.1) is 0 Å². The van der Waals surface area contributed by atoms with Crippen LogP contribution in [0.1, 0.15) is 48.9 Å². The minimum Gasteiger partial charge on any atom is -0.339 e. The minimum absolute atomic E-state index is 0.102. The number of hydrogen-bond donors (Lipinski definition) is 1. The highest BCUT2D eigenvalue weighted by molar-refractivity contribution is 5.79. The van der Waals surface area contributed by atoms with Crippen molar-refractivity contribution in [1.29, 1.82) is 0 Å². The molecule has 0 spiro atoms. The largest absolute Gasteiger partial charge is 0.339 e. The second-order valence-electron chi connectivity index (χ2n) is 7.84. The fraction of sp³-hybridized carbons (Fsp3) is 0.650. The third kappa shape index (κ3) is 4.34. The summed E-state index contributed by atoms with van der Waals surface area (Å²) in [7, 11) is 1.80. The fourth-order valence-electron chi connectivity index (χ4n) is 4.08. The Balaban J connectivity index is 1.46. The number of amides is 3. The number of aryl methyl sites for hydroxylation is 2. The van der Waals surface area contributed by atoms with E-state index in [0.717, 1.165) is 36.2 Å². The van der Waals surface area contributed by atoms with E-state index in [9.17, 15) is 9.59 Å². The number of carbonyl (C=O) groups excluding carboxylic acids is 2. The van der Waals surface area contributed by atoms with Gasteiger partial charge in [-0.1, -0.05) is 18.9 Å². The zero-order valence-electron chi connectivity index (χ0n) is 16.1. The average molecular weight is 358 g/mol. The van der Waals surface area contributed by atoms with Gasteiger partial charge in [-0.2, -0.15) is 0 Å². The molecule has 26 heavy (non-hydrogen) atoms. The zero-order chi connectivity index (χ0) is 18.7. The molecule has 2 fully saturated rings. The molecule has 1 saturated carbocycles. The highest BCUT2D eigenvalue weighted by Gasteiger charge is 2.36. The third-order valence-electron chi connectivity index (χ3n) is 5.72. The van der Waals surface area contributed by atoms with E-state index in [1.807, 2.05) is 13.8 Å². The third-order valence-corrected chi connectivity index (χ3v) is 5.72. The van der Waals surface area contributed by atoms with Gasteiger partial charge in [0.1, 0.15) is 0 Å². The lowest BCUT2D eigenvalue weighted by Crippen LogP contribution is -2.40. The molecule has 2 aliphatic rings. The number of nitrogens with one attached hydrogen (secondary N) is 1. The van der Waals surface area contributed by atoms with Crippen LogP contribution in [0, 0.1) is 19.8 Å². The molecule has 1 saturated heterocycles. The van der Waals surface area contributed by atoms with E-state index in [1.165, 1.54) is 12.8 Å². The molecule has 1 N–H and O–H groups in total. The van der Waals surface area contributed by atoms with Crippen LogP contribution in [0.4, 0.5) is 4.79 Å². The quantitative estimate of drug-likeness (QED) is 0.880. The van der Waals surface area contributed by atoms with E-state index in [0.29, 0.717) is 25.6 Å². The first-order valence-electron chi connectivity index (χ1n) is 9.64. The van der Waals surface area contributed by atoms with Crippen molar-refractivity contribution in [3.63, 3.8) is 0 Å². The van der Waals surface area contributed by atoms with Gasteiger partial charge in [0.25, 0.3) is 0 Å². The molecule has 0 unspecified atom stereocenters. The molecule has 1 aromatic rings. The molecule has 3 rings (SSSR count). The van der Waals surface area contributed by atoms with E-state index in [1.54, 1.807) is 18.1 Å². The molecule has 3 amide bonds. The maximum absolute atomic E-state index is 12.4. The second-order valence-corrected chi connectivity index (χ2v) is 7.84. The number of hydrogen-bond acceptors (Lipinski definition) is 3. The average Bonchev–Trinajstić information content (AvgIpc) is 3.25. The Bertz CT molecular complexity index is 670. The van der Waals surface area contributed by atoms with Gasteiger partial charge >= 0.3 is 6.03 Å². The topological polar surface area (TPSA) is 65.5 Å². The molecule has 142 valence electrons. The molecule has 2 heterocycles. The molecule has 6 nitrogen and oxygen atoms in total. The van der Waals surface area contributed by atoms with Crippen LogP contribution in [0.5, 0.6) is 0 Å². The van der Waals surface area contributed by atoms with Gasteiger partial charge < -0.3 is 15.1 Å². The van der Waals surface area contributed by atoms with Gasteiger partial charge in [-0.05, 0) is 37.8 Å². The molecule has 0 aromatic carbocycles. The summed E-state index contributed by atoms with van der Waals surface area (Å²) in [5, 5.41) is 2.95. The molecule has 1 aliphatic heterocycles. The fourth-order valence-corrected chi connectivity index (χ4v) is 4.08. The van der Waals surface area contributed by atoms with Crippen LogP contribution >= 0.6 is 0 Å². The van der Waals surface area contributed by atoms with Gasteiger partial charge in [0.15, 0.2) is 0 Å². The highest BCUT2D eigenvalue weighted by atomic mass is 16.2. The predicted molar refractivity (Wildman–Crippen MR) is 101 cm³/mol. The van der Waals surface area contributed by atoms with E-state index in [-0.39, 0.29) is 17.9 Å². The number of rotatable bonds is 5. The summed E-state index contributed by atoms with van der Waals surface area (Å²) >= 11 is 0. The Morgan fingerprint density at radius 1 is 1.35 bits per heavy atom. The van der Waals surface area contributed by atoms with E-state index >= 15 is 0 Å². The van der Waals surface area contributed by atoms with E-state index in [2.05, 4.69) is 21.3 Å². The van der Waals surface area contributed by atoms with Crippen LogP contribution in [-0.4, -0.2) is 52.9 Å². The lowest BCUT2D eigenvalue weighted by molar-refractivity contribution is -0.129. The molecular weight excluding hydrogens is 328 g/mol. The van der Waals surface area contributed by atoms with E-state index < -0.39 is 0 Å². The normalized spacial score (nSPS) is 20.7.